The minimum atomic E-state index is -3.24. The lowest BCUT2D eigenvalue weighted by Gasteiger charge is -2.34. The van der Waals surface area contributed by atoms with E-state index in [0.29, 0.717) is 25.7 Å². The molecule has 1 fully saturated rings. The molecule has 1 aromatic rings. The summed E-state index contributed by atoms with van der Waals surface area (Å²) in [4.78, 5) is 0. The molecule has 1 aliphatic carbocycles. The maximum atomic E-state index is 13.3. The Hall–Kier alpha value is -1.42. The van der Waals surface area contributed by atoms with Crippen LogP contribution < -0.4 is 9.96 Å². The predicted octanol–water partition coefficient (Wildman–Crippen LogP) is 2.10. The number of benzene rings is 1. The molecule has 7 nitrogen and oxygen atoms in total. The van der Waals surface area contributed by atoms with Crippen molar-refractivity contribution < 1.29 is 22.8 Å². The summed E-state index contributed by atoms with van der Waals surface area (Å²) < 4.78 is 43.4. The normalized spacial score (nSPS) is 22.2. The van der Waals surface area contributed by atoms with Crippen LogP contribution in [-0.4, -0.2) is 43.4 Å². The van der Waals surface area contributed by atoms with Crippen LogP contribution in [0.1, 0.15) is 25.7 Å². The van der Waals surface area contributed by atoms with Crippen LogP contribution in [0.2, 0.25) is 0 Å². The number of hydrogen-bond donors (Lipinski definition) is 1. The number of halogens is 1. The summed E-state index contributed by atoms with van der Waals surface area (Å²) in [5, 5.41) is 19.7. The van der Waals surface area contributed by atoms with Crippen molar-refractivity contribution in [1.29, 1.82) is 0 Å². The van der Waals surface area contributed by atoms with Crippen LogP contribution in [0, 0.1) is 11.0 Å². The van der Waals surface area contributed by atoms with Crippen molar-refractivity contribution in [3.05, 3.63) is 29.2 Å². The summed E-state index contributed by atoms with van der Waals surface area (Å²) in [7, 11) is -1.69. The van der Waals surface area contributed by atoms with Gasteiger partial charge in [0.1, 0.15) is 11.6 Å². The first-order chi connectivity index (χ1) is 10.7. The molecule has 0 saturated heterocycles. The fraction of sp³-hybridized carbons (Fsp3) is 0.571. The van der Waals surface area contributed by atoms with Gasteiger partial charge in [-0.3, -0.25) is 5.21 Å². The lowest BCUT2D eigenvalue weighted by Crippen LogP contribution is -2.40. The van der Waals surface area contributed by atoms with Gasteiger partial charge in [-0.1, -0.05) is 0 Å². The smallest absolute Gasteiger partial charge is 0.211 e. The van der Waals surface area contributed by atoms with Gasteiger partial charge in [0.25, 0.3) is 0 Å². The van der Waals surface area contributed by atoms with Crippen molar-refractivity contribution in [1.82, 2.24) is 4.31 Å². The van der Waals surface area contributed by atoms with Gasteiger partial charge in [0.05, 0.1) is 18.0 Å². The van der Waals surface area contributed by atoms with Gasteiger partial charge >= 0.3 is 0 Å². The van der Waals surface area contributed by atoms with Gasteiger partial charge in [-0.15, -0.1) is 0 Å². The third kappa shape index (κ3) is 4.54. The van der Waals surface area contributed by atoms with Crippen LogP contribution in [0.5, 0.6) is 5.75 Å². The van der Waals surface area contributed by atoms with E-state index in [1.165, 1.54) is 10.6 Å². The van der Waals surface area contributed by atoms with Gasteiger partial charge in [-0.2, -0.15) is 0 Å². The molecule has 0 aromatic heterocycles. The Labute approximate surface area is 134 Å². The average molecular weight is 347 g/mol. The van der Waals surface area contributed by atoms with Gasteiger partial charge in [0.2, 0.25) is 10.0 Å². The van der Waals surface area contributed by atoms with E-state index in [1.807, 2.05) is 0 Å². The first-order valence-corrected chi connectivity index (χ1v) is 9.08. The molecule has 0 radical (unpaired) electrons. The van der Waals surface area contributed by atoms with Crippen molar-refractivity contribution in [3.63, 3.8) is 0 Å². The highest BCUT2D eigenvalue weighted by atomic mass is 32.2. The summed E-state index contributed by atoms with van der Waals surface area (Å²) in [6.07, 6.45) is 3.27. The molecule has 9 heteroatoms. The molecule has 0 amide bonds. The Kier molecular flexibility index (Phi) is 5.45. The predicted molar refractivity (Wildman–Crippen MR) is 83.3 cm³/mol. The van der Waals surface area contributed by atoms with E-state index in [1.54, 1.807) is 7.05 Å². The second-order valence-corrected chi connectivity index (χ2v) is 7.75. The molecule has 0 bridgehead atoms. The highest BCUT2D eigenvalue weighted by Crippen LogP contribution is 2.32. The third-order valence-electron chi connectivity index (χ3n) is 4.10. The van der Waals surface area contributed by atoms with E-state index < -0.39 is 15.8 Å². The number of anilines is 1. The standard InChI is InChI=1S/C14H20FN2O5S/c1-16(23(2,20)21)11-4-6-12(7-5-11)22-14-9-10(15)3-8-13(14)17(18)19/h3,8-9,11-12,18H,4-7H2,1-2H3/q-1. The first kappa shape index (κ1) is 17.9. The fourth-order valence-corrected chi connectivity index (χ4v) is 3.47. The summed E-state index contributed by atoms with van der Waals surface area (Å²) in [5.74, 6) is -0.599. The number of rotatable bonds is 5. The molecule has 0 aliphatic heterocycles. The Morgan fingerprint density at radius 3 is 2.43 bits per heavy atom. The van der Waals surface area contributed by atoms with Gasteiger partial charge in [-0.05, 0) is 37.8 Å². The van der Waals surface area contributed by atoms with Gasteiger partial charge in [0.15, 0.2) is 0 Å². The fourth-order valence-electron chi connectivity index (χ4n) is 2.72. The highest BCUT2D eigenvalue weighted by molar-refractivity contribution is 7.88. The Bertz CT molecular complexity index is 645. The second-order valence-electron chi connectivity index (χ2n) is 5.71. The molecule has 2 rings (SSSR count). The van der Waals surface area contributed by atoms with E-state index in [-0.39, 0.29) is 28.8 Å². The zero-order chi connectivity index (χ0) is 17.2. The molecule has 0 unspecified atom stereocenters. The lowest BCUT2D eigenvalue weighted by molar-refractivity contribution is 0.124. The van der Waals surface area contributed by atoms with Crippen molar-refractivity contribution in [2.45, 2.75) is 37.8 Å². The van der Waals surface area contributed by atoms with Gasteiger partial charge in [-0.25, -0.2) is 17.1 Å². The van der Waals surface area contributed by atoms with Crippen LogP contribution in [0.4, 0.5) is 10.1 Å². The molecule has 130 valence electrons. The minimum absolute atomic E-state index is 0.0255. The highest BCUT2D eigenvalue weighted by Gasteiger charge is 2.29. The zero-order valence-corrected chi connectivity index (χ0v) is 13.8. The van der Waals surface area contributed by atoms with E-state index in [4.69, 9.17) is 9.94 Å². The second kappa shape index (κ2) is 7.00. The van der Waals surface area contributed by atoms with Crippen molar-refractivity contribution in [3.8, 4) is 5.75 Å². The topological polar surface area (TPSA) is 93.1 Å². The quantitative estimate of drug-likeness (QED) is 0.820. The monoisotopic (exact) mass is 347 g/mol. The molecule has 23 heavy (non-hydrogen) atoms. The van der Waals surface area contributed by atoms with Gasteiger partial charge < -0.3 is 15.2 Å². The lowest BCUT2D eigenvalue weighted by atomic mass is 9.93. The van der Waals surface area contributed by atoms with Crippen LogP contribution >= 0.6 is 0 Å². The van der Waals surface area contributed by atoms with E-state index in [0.717, 1.165) is 18.2 Å². The minimum Gasteiger partial charge on any atom is -0.733 e. The van der Waals surface area contributed by atoms with Crippen LogP contribution in [0.15, 0.2) is 18.2 Å². The SMILES string of the molecule is CN(C1CCC(Oc2cc(F)ccc2N([O-])O)CC1)S(C)(=O)=O. The summed E-state index contributed by atoms with van der Waals surface area (Å²) in [6, 6.07) is 3.15. The molecule has 1 saturated carbocycles. The van der Waals surface area contributed by atoms with Crippen molar-refractivity contribution >= 4 is 15.7 Å². The summed E-state index contributed by atoms with van der Waals surface area (Å²) in [5.41, 5.74) is -0.165. The van der Waals surface area contributed by atoms with E-state index in [2.05, 4.69) is 0 Å². The molecule has 1 N–H and O–H groups in total. The Morgan fingerprint density at radius 2 is 1.91 bits per heavy atom. The molecular weight excluding hydrogens is 327 g/mol. The maximum Gasteiger partial charge on any atom is 0.211 e. The number of nitrogens with zero attached hydrogens (tertiary/aromatic N) is 2. The molecule has 0 heterocycles. The number of hydrogen-bond acceptors (Lipinski definition) is 6. The summed E-state index contributed by atoms with van der Waals surface area (Å²) in [6.45, 7) is 0. The van der Waals surface area contributed by atoms with Crippen molar-refractivity contribution in [2.75, 3.05) is 18.5 Å². The summed E-state index contributed by atoms with van der Waals surface area (Å²) >= 11 is 0. The number of ether oxygens (including phenoxy) is 1. The average Bonchev–Trinajstić information content (AvgIpc) is 2.46. The number of sulfonamides is 1. The van der Waals surface area contributed by atoms with E-state index in [9.17, 15) is 18.0 Å². The molecule has 0 spiro atoms. The zero-order valence-electron chi connectivity index (χ0n) is 13.0. The molecular formula is C14H20FN2O5S-. The van der Waals surface area contributed by atoms with E-state index >= 15 is 0 Å². The van der Waals surface area contributed by atoms with Gasteiger partial charge in [0, 0.05) is 19.2 Å². The van der Waals surface area contributed by atoms with Crippen LogP contribution in [0.25, 0.3) is 0 Å². The van der Waals surface area contributed by atoms with Crippen LogP contribution in [-0.2, 0) is 10.0 Å². The van der Waals surface area contributed by atoms with Crippen molar-refractivity contribution in [2.24, 2.45) is 0 Å². The first-order valence-electron chi connectivity index (χ1n) is 7.24. The maximum absolute atomic E-state index is 13.3. The largest absolute Gasteiger partial charge is 0.733 e. The Balaban J connectivity index is 2.01. The molecule has 1 aromatic carbocycles. The molecule has 1 aliphatic rings. The molecule has 0 atom stereocenters. The Morgan fingerprint density at radius 1 is 1.30 bits per heavy atom. The van der Waals surface area contributed by atoms with Crippen LogP contribution in [0.3, 0.4) is 0 Å². The third-order valence-corrected chi connectivity index (χ3v) is 5.45.